The van der Waals surface area contributed by atoms with Gasteiger partial charge in [-0.2, -0.15) is 0 Å². The predicted molar refractivity (Wildman–Crippen MR) is 51.3 cm³/mol. The molecule has 0 spiro atoms. The first kappa shape index (κ1) is 16.5. The summed E-state index contributed by atoms with van der Waals surface area (Å²) in [6.07, 6.45) is 0. The van der Waals surface area contributed by atoms with Gasteiger partial charge in [-0.15, -0.1) is 23.2 Å². The van der Waals surface area contributed by atoms with Crippen molar-refractivity contribution in [3.63, 3.8) is 0 Å². The van der Waals surface area contributed by atoms with E-state index in [0.717, 1.165) is 0 Å². The van der Waals surface area contributed by atoms with Crippen LogP contribution in [0.1, 0.15) is 1.43 Å². The Kier molecular flexibility index (Phi) is 8.68. The smallest absolute Gasteiger partial charge is 1.00 e. The summed E-state index contributed by atoms with van der Waals surface area (Å²) >= 11 is 37.5. The molecule has 0 atom stereocenters. The summed E-state index contributed by atoms with van der Waals surface area (Å²) in [4.78, 5) is -1.16. The molecular formula is C3H2Cl7Na. The zero-order valence-electron chi connectivity index (χ0n) is 6.22. The molecule has 0 aliphatic rings. The number of halogens is 7. The molecule has 0 aromatic carbocycles. The molecule has 0 nitrogen and oxygen atoms in total. The molecule has 0 aliphatic carbocycles. The fourth-order valence-electron chi connectivity index (χ4n) is 0.124. The third kappa shape index (κ3) is 4.88. The second-order valence-electron chi connectivity index (χ2n) is 1.42. The first-order valence-electron chi connectivity index (χ1n) is 1.92. The van der Waals surface area contributed by atoms with E-state index >= 15 is 0 Å². The largest absolute Gasteiger partial charge is 1.00 e. The van der Waals surface area contributed by atoms with Crippen molar-refractivity contribution in [2.24, 2.45) is 0 Å². The molecule has 0 bridgehead atoms. The summed E-state index contributed by atoms with van der Waals surface area (Å²) in [6, 6.07) is 0. The van der Waals surface area contributed by atoms with Crippen LogP contribution in [0.3, 0.4) is 0 Å². The van der Waals surface area contributed by atoms with Gasteiger partial charge in [-0.3, -0.25) is 0 Å². The SMILES string of the molecule is ClC(Cl)C(Cl)(Cl)C(Cl)(Cl)Cl.[H-].[Na+]. The van der Waals surface area contributed by atoms with Gasteiger partial charge < -0.3 is 1.43 Å². The van der Waals surface area contributed by atoms with Crippen molar-refractivity contribution in [1.82, 2.24) is 0 Å². The van der Waals surface area contributed by atoms with Gasteiger partial charge in [-0.25, -0.2) is 0 Å². The molecule has 8 heteroatoms. The van der Waals surface area contributed by atoms with E-state index < -0.39 is 13.0 Å². The predicted octanol–water partition coefficient (Wildman–Crippen LogP) is 1.45. The second kappa shape index (κ2) is 5.80. The van der Waals surface area contributed by atoms with E-state index in [1.807, 2.05) is 0 Å². The van der Waals surface area contributed by atoms with Crippen LogP contribution in [0.15, 0.2) is 0 Å². The molecule has 0 unspecified atom stereocenters. The number of rotatable bonds is 1. The molecule has 0 heterocycles. The summed E-state index contributed by atoms with van der Waals surface area (Å²) in [6.45, 7) is 0. The van der Waals surface area contributed by atoms with E-state index in [-0.39, 0.29) is 31.0 Å². The van der Waals surface area contributed by atoms with Crippen molar-refractivity contribution >= 4 is 81.2 Å². The van der Waals surface area contributed by atoms with Gasteiger partial charge in [0, 0.05) is 0 Å². The maximum absolute atomic E-state index is 5.45. The Balaban J connectivity index is -0.000000405. The first-order valence-corrected chi connectivity index (χ1v) is 4.68. The van der Waals surface area contributed by atoms with Gasteiger partial charge in [0.25, 0.3) is 0 Å². The molecule has 0 N–H and O–H groups in total. The molecule has 0 fully saturated rings. The molecule has 0 saturated carbocycles. The van der Waals surface area contributed by atoms with Crippen LogP contribution >= 0.6 is 81.2 Å². The molecule has 11 heavy (non-hydrogen) atoms. The Bertz CT molecular complexity index is 120. The van der Waals surface area contributed by atoms with E-state index in [1.54, 1.807) is 0 Å². The minimum atomic E-state index is -1.90. The average molecular weight is 309 g/mol. The average Bonchev–Trinajstić information content (AvgIpc) is 1.62. The third-order valence-corrected chi connectivity index (χ3v) is 4.23. The van der Waals surface area contributed by atoms with E-state index in [9.17, 15) is 0 Å². The zero-order valence-corrected chi connectivity index (χ0v) is 12.5. The van der Waals surface area contributed by atoms with E-state index in [1.165, 1.54) is 0 Å². The second-order valence-corrected chi connectivity index (χ2v) is 6.18. The fraction of sp³-hybridized carbons (Fsp3) is 1.00. The van der Waals surface area contributed by atoms with Crippen LogP contribution in [0.25, 0.3) is 0 Å². The van der Waals surface area contributed by atoms with Gasteiger partial charge in [0.05, 0.1) is 0 Å². The van der Waals surface area contributed by atoms with Crippen LogP contribution in [0, 0.1) is 0 Å². The van der Waals surface area contributed by atoms with Crippen molar-refractivity contribution in [3.05, 3.63) is 0 Å². The fourth-order valence-corrected chi connectivity index (χ4v) is 1.11. The maximum Gasteiger partial charge on any atom is 1.00 e. The normalized spacial score (nSPS) is 13.1. The van der Waals surface area contributed by atoms with Crippen LogP contribution in [0.4, 0.5) is 0 Å². The summed E-state index contributed by atoms with van der Waals surface area (Å²) < 4.78 is -3.69. The van der Waals surface area contributed by atoms with Crippen molar-refractivity contribution in [2.75, 3.05) is 0 Å². The molecule has 0 radical (unpaired) electrons. The van der Waals surface area contributed by atoms with Crippen LogP contribution in [0.5, 0.6) is 0 Å². The molecule has 0 aromatic heterocycles. The van der Waals surface area contributed by atoms with Crippen LogP contribution < -0.4 is 29.6 Å². The van der Waals surface area contributed by atoms with Crippen LogP contribution in [0.2, 0.25) is 0 Å². The Morgan fingerprint density at radius 1 is 0.909 bits per heavy atom. The Morgan fingerprint density at radius 3 is 1.18 bits per heavy atom. The molecule has 0 aromatic rings. The van der Waals surface area contributed by atoms with Gasteiger partial charge in [0.2, 0.25) is 3.79 Å². The van der Waals surface area contributed by atoms with Crippen LogP contribution in [-0.2, 0) is 0 Å². The quantitative estimate of drug-likeness (QED) is 0.508. The van der Waals surface area contributed by atoms with Gasteiger partial charge in [-0.05, 0) is 0 Å². The number of hydrogen-bond donors (Lipinski definition) is 0. The van der Waals surface area contributed by atoms with Crippen molar-refractivity contribution in [2.45, 2.75) is 13.0 Å². The first-order chi connectivity index (χ1) is 4.19. The monoisotopic (exact) mass is 306 g/mol. The molecule has 0 amide bonds. The molecular weight excluding hydrogens is 307 g/mol. The Hall–Kier alpha value is 3.03. The Labute approximate surface area is 123 Å². The number of alkyl halides is 7. The standard InChI is InChI=1S/C3HCl7.Na.H/c4-1(5)2(6,7)3(8,9)10;;/h1H;;/q;+1;-1. The zero-order chi connectivity index (χ0) is 8.58. The third-order valence-electron chi connectivity index (χ3n) is 0.652. The topological polar surface area (TPSA) is 0 Å². The summed E-state index contributed by atoms with van der Waals surface area (Å²) in [5.41, 5.74) is 0. The molecule has 0 rings (SSSR count). The maximum atomic E-state index is 5.45. The van der Waals surface area contributed by atoms with E-state index in [4.69, 9.17) is 81.2 Å². The van der Waals surface area contributed by atoms with Crippen molar-refractivity contribution in [3.8, 4) is 0 Å². The van der Waals surface area contributed by atoms with Crippen molar-refractivity contribution < 1.29 is 31.0 Å². The number of hydrogen-bond acceptors (Lipinski definition) is 0. The minimum absolute atomic E-state index is 0. The van der Waals surface area contributed by atoms with Gasteiger partial charge in [0.1, 0.15) is 4.84 Å². The minimum Gasteiger partial charge on any atom is -1.00 e. The summed E-state index contributed by atoms with van der Waals surface area (Å²) in [5.74, 6) is 0. The molecule has 0 saturated heterocycles. The van der Waals surface area contributed by atoms with E-state index in [0.29, 0.717) is 0 Å². The van der Waals surface area contributed by atoms with Gasteiger partial charge in [-0.1, -0.05) is 58.0 Å². The van der Waals surface area contributed by atoms with E-state index in [2.05, 4.69) is 0 Å². The molecule has 0 aliphatic heterocycles. The van der Waals surface area contributed by atoms with Crippen molar-refractivity contribution in [1.29, 1.82) is 0 Å². The van der Waals surface area contributed by atoms with Crippen LogP contribution in [-0.4, -0.2) is 13.0 Å². The Morgan fingerprint density at radius 2 is 1.18 bits per heavy atom. The molecule has 64 valence electrons. The summed E-state index contributed by atoms with van der Waals surface area (Å²) in [7, 11) is 0. The summed E-state index contributed by atoms with van der Waals surface area (Å²) in [5, 5.41) is 0. The van der Waals surface area contributed by atoms with Gasteiger partial charge in [0.15, 0.2) is 4.33 Å². The van der Waals surface area contributed by atoms with Gasteiger partial charge >= 0.3 is 29.6 Å².